The van der Waals surface area contributed by atoms with Crippen LogP contribution in [0.4, 0.5) is 17.6 Å². The first-order chi connectivity index (χ1) is 15.1. The van der Waals surface area contributed by atoms with E-state index in [-0.39, 0.29) is 18.6 Å². The predicted octanol–water partition coefficient (Wildman–Crippen LogP) is -1.13. The maximum atomic E-state index is 12.2. The molecule has 1 fully saturated rings. The number of rotatable bonds is 10. The molecule has 12 heteroatoms. The van der Waals surface area contributed by atoms with E-state index in [1.54, 1.807) is 0 Å². The lowest BCUT2D eigenvalue weighted by molar-refractivity contribution is -0.108. The van der Waals surface area contributed by atoms with Crippen LogP contribution in [0.3, 0.4) is 0 Å². The second kappa shape index (κ2) is 11.1. The van der Waals surface area contributed by atoms with Crippen molar-refractivity contribution in [3.8, 4) is 0 Å². The number of hydrogen-bond donors (Lipinski definition) is 3. The zero-order chi connectivity index (χ0) is 22.1. The van der Waals surface area contributed by atoms with Crippen molar-refractivity contribution in [2.45, 2.75) is 12.5 Å². The van der Waals surface area contributed by atoms with Crippen LogP contribution >= 0.6 is 0 Å². The van der Waals surface area contributed by atoms with Crippen LogP contribution in [0.25, 0.3) is 0 Å². The molecule has 3 rings (SSSR count). The number of carbonyl (C=O) groups excluding carboxylic acids is 2. The molecule has 166 valence electrons. The predicted molar refractivity (Wildman–Crippen MR) is 113 cm³/mol. The number of nitrogens with two attached hydrogens (primary N) is 1. The summed E-state index contributed by atoms with van der Waals surface area (Å²) in [6.07, 6.45) is 7.12. The van der Waals surface area contributed by atoms with Crippen LogP contribution in [0.15, 0.2) is 24.8 Å². The van der Waals surface area contributed by atoms with Crippen LogP contribution in [0.1, 0.15) is 16.8 Å². The van der Waals surface area contributed by atoms with Crippen LogP contribution in [-0.4, -0.2) is 89.3 Å². The molecule has 31 heavy (non-hydrogen) atoms. The maximum Gasteiger partial charge on any atom is 0.254 e. The Bertz CT molecular complexity index is 849. The lowest BCUT2D eigenvalue weighted by atomic mass is 10.2. The van der Waals surface area contributed by atoms with Gasteiger partial charge in [-0.15, -0.1) is 0 Å². The normalized spacial score (nSPS) is 16.2. The summed E-state index contributed by atoms with van der Waals surface area (Å²) in [6.45, 7) is 2.56. The minimum Gasteiger partial charge on any atom is -0.396 e. The van der Waals surface area contributed by atoms with Crippen molar-refractivity contribution < 1.29 is 19.4 Å². The van der Waals surface area contributed by atoms with Gasteiger partial charge >= 0.3 is 0 Å². The van der Waals surface area contributed by atoms with Gasteiger partial charge in [0.15, 0.2) is 0 Å². The molecule has 1 aliphatic heterocycles. The number of amides is 1. The smallest absolute Gasteiger partial charge is 0.254 e. The Labute approximate surface area is 179 Å². The zero-order valence-corrected chi connectivity index (χ0v) is 17.1. The van der Waals surface area contributed by atoms with Gasteiger partial charge < -0.3 is 35.5 Å². The average Bonchev–Trinajstić information content (AvgIpc) is 2.81. The van der Waals surface area contributed by atoms with Crippen LogP contribution < -0.4 is 20.9 Å². The molecule has 12 nitrogen and oxygen atoms in total. The van der Waals surface area contributed by atoms with Gasteiger partial charge in [-0.3, -0.25) is 4.79 Å². The van der Waals surface area contributed by atoms with Gasteiger partial charge in [-0.2, -0.15) is 0 Å². The minimum atomic E-state index is -0.302. The van der Waals surface area contributed by atoms with Gasteiger partial charge in [-0.1, -0.05) is 0 Å². The molecule has 0 aliphatic carbocycles. The zero-order valence-electron chi connectivity index (χ0n) is 17.1. The Balaban J connectivity index is 1.53. The molecule has 0 radical (unpaired) electrons. The number of nitrogens with zero attached hydrogens (tertiary/aromatic N) is 6. The first-order valence-corrected chi connectivity index (χ1v) is 9.94. The second-order valence-electron chi connectivity index (χ2n) is 6.89. The number of ether oxygens (including phenoxy) is 1. The van der Waals surface area contributed by atoms with Crippen LogP contribution in [0.2, 0.25) is 0 Å². The fourth-order valence-corrected chi connectivity index (χ4v) is 3.11. The highest BCUT2D eigenvalue weighted by atomic mass is 16.5. The molecule has 1 saturated heterocycles. The summed E-state index contributed by atoms with van der Waals surface area (Å²) in [5.74, 6) is 0.685. The van der Waals surface area contributed by atoms with Gasteiger partial charge in [0.2, 0.25) is 11.9 Å². The maximum absolute atomic E-state index is 12.2. The third kappa shape index (κ3) is 6.06. The van der Waals surface area contributed by atoms with E-state index in [1.165, 1.54) is 24.8 Å². The molecule has 2 aromatic rings. The first kappa shape index (κ1) is 22.3. The monoisotopic (exact) mass is 430 g/mol. The number of aliphatic hydroxyl groups excluding tert-OH is 1. The number of hydrogen-bond acceptors (Lipinski definition) is 11. The van der Waals surface area contributed by atoms with Gasteiger partial charge in [-0.05, 0) is 0 Å². The van der Waals surface area contributed by atoms with Crippen molar-refractivity contribution in [1.29, 1.82) is 0 Å². The summed E-state index contributed by atoms with van der Waals surface area (Å²) in [7, 11) is 0. The highest BCUT2D eigenvalue weighted by Crippen LogP contribution is 2.19. The van der Waals surface area contributed by atoms with E-state index >= 15 is 0 Å². The van der Waals surface area contributed by atoms with Gasteiger partial charge in [0.1, 0.15) is 6.29 Å². The topological polar surface area (TPSA) is 160 Å². The van der Waals surface area contributed by atoms with Crippen molar-refractivity contribution in [2.75, 3.05) is 61.5 Å². The van der Waals surface area contributed by atoms with Crippen LogP contribution in [0.5, 0.6) is 0 Å². The molecule has 0 bridgehead atoms. The molecule has 3 heterocycles. The Morgan fingerprint density at radius 1 is 1.16 bits per heavy atom. The van der Waals surface area contributed by atoms with E-state index in [0.29, 0.717) is 69.0 Å². The van der Waals surface area contributed by atoms with Crippen molar-refractivity contribution in [2.24, 2.45) is 0 Å². The first-order valence-electron chi connectivity index (χ1n) is 9.94. The molecule has 0 aromatic carbocycles. The van der Waals surface area contributed by atoms with Crippen molar-refractivity contribution >= 4 is 29.8 Å². The van der Waals surface area contributed by atoms with Crippen LogP contribution in [0, 0.1) is 0 Å². The lowest BCUT2D eigenvalue weighted by Gasteiger charge is -2.40. The van der Waals surface area contributed by atoms with E-state index in [1.807, 2.05) is 9.80 Å². The minimum absolute atomic E-state index is 0.0837. The largest absolute Gasteiger partial charge is 0.396 e. The Kier molecular flexibility index (Phi) is 8.01. The van der Waals surface area contributed by atoms with E-state index < -0.39 is 0 Å². The van der Waals surface area contributed by atoms with Gasteiger partial charge in [-0.25, -0.2) is 19.9 Å². The number of anilines is 3. The average molecular weight is 430 g/mol. The fourth-order valence-electron chi connectivity index (χ4n) is 3.11. The number of aliphatic hydroxyl groups is 1. The summed E-state index contributed by atoms with van der Waals surface area (Å²) in [5, 5.41) is 12.6. The van der Waals surface area contributed by atoms with Gasteiger partial charge in [0.05, 0.1) is 49.5 Å². The molecule has 0 saturated carbocycles. The highest BCUT2D eigenvalue weighted by Gasteiger charge is 2.29. The van der Waals surface area contributed by atoms with E-state index in [4.69, 9.17) is 10.5 Å². The molecule has 1 amide bonds. The quantitative estimate of drug-likeness (QED) is 0.309. The summed E-state index contributed by atoms with van der Waals surface area (Å²) in [5.41, 5.74) is 6.46. The number of aromatic nitrogens is 4. The molecule has 2 aromatic heterocycles. The van der Waals surface area contributed by atoms with Gasteiger partial charge in [0, 0.05) is 45.0 Å². The van der Waals surface area contributed by atoms with E-state index in [0.717, 1.165) is 6.29 Å². The summed E-state index contributed by atoms with van der Waals surface area (Å²) in [6, 6.07) is -0.233. The molecular weight excluding hydrogens is 404 g/mol. The Morgan fingerprint density at radius 2 is 1.87 bits per heavy atom. The SMILES string of the molecule is Nc1cnc(N2CCN(c3ncc(C(=O)NCCOCCC=O)cn3)CC2CO)nc1. The fraction of sp³-hybridized carbons (Fsp3) is 0.474. The highest BCUT2D eigenvalue weighted by molar-refractivity contribution is 5.93. The third-order valence-corrected chi connectivity index (χ3v) is 4.70. The molecule has 1 atom stereocenters. The Hall–Kier alpha value is -3.38. The number of carbonyl (C=O) groups is 2. The van der Waals surface area contributed by atoms with Crippen molar-refractivity contribution in [3.05, 3.63) is 30.4 Å². The molecule has 0 spiro atoms. The summed E-state index contributed by atoms with van der Waals surface area (Å²) >= 11 is 0. The van der Waals surface area contributed by atoms with E-state index in [9.17, 15) is 14.7 Å². The standard InChI is InChI=1S/C19H26N8O4/c20-15-10-24-19(25-11-15)27-4-3-26(12-16(27)13-29)18-22-8-14(9-23-18)17(30)21-2-7-31-6-1-5-28/h5,8-11,16,29H,1-4,6-7,12-13,20H2,(H,21,30). The number of aldehydes is 1. The van der Waals surface area contributed by atoms with Crippen molar-refractivity contribution in [1.82, 2.24) is 25.3 Å². The van der Waals surface area contributed by atoms with Crippen molar-refractivity contribution in [3.63, 3.8) is 0 Å². The lowest BCUT2D eigenvalue weighted by Crippen LogP contribution is -2.56. The van der Waals surface area contributed by atoms with Crippen LogP contribution in [-0.2, 0) is 9.53 Å². The second-order valence-corrected chi connectivity index (χ2v) is 6.89. The summed E-state index contributed by atoms with van der Waals surface area (Å²) < 4.78 is 5.20. The van der Waals surface area contributed by atoms with Gasteiger partial charge in [0.25, 0.3) is 5.91 Å². The summed E-state index contributed by atoms with van der Waals surface area (Å²) in [4.78, 5) is 43.3. The molecule has 1 aliphatic rings. The number of nitrogens with one attached hydrogen (secondary N) is 1. The number of piperazine rings is 1. The third-order valence-electron chi connectivity index (χ3n) is 4.70. The molecule has 1 unspecified atom stereocenters. The Morgan fingerprint density at radius 3 is 2.55 bits per heavy atom. The van der Waals surface area contributed by atoms with E-state index in [2.05, 4.69) is 25.3 Å². The molecule has 4 N–H and O–H groups in total. The molecular formula is C19H26N8O4. The number of nitrogen functional groups attached to an aromatic ring is 1.